The smallest absolute Gasteiger partial charge is 0.328 e. The SMILES string of the molecule is C[n+]1ccc(-c2nnn(CC(=O)ON3C(=O)CCC3=O)n2)cc1. The van der Waals surface area contributed by atoms with Crippen molar-refractivity contribution in [1.29, 1.82) is 0 Å². The summed E-state index contributed by atoms with van der Waals surface area (Å²) in [5.41, 5.74) is 0.743. The van der Waals surface area contributed by atoms with E-state index in [1.807, 2.05) is 24.0 Å². The van der Waals surface area contributed by atoms with Gasteiger partial charge in [0.15, 0.2) is 18.9 Å². The molecular weight excluding hydrogens is 304 g/mol. The second-order valence-corrected chi connectivity index (χ2v) is 4.94. The van der Waals surface area contributed by atoms with E-state index in [2.05, 4.69) is 15.4 Å². The van der Waals surface area contributed by atoms with Crippen LogP contribution in [0.5, 0.6) is 0 Å². The van der Waals surface area contributed by atoms with Gasteiger partial charge in [0, 0.05) is 30.5 Å². The van der Waals surface area contributed by atoms with E-state index in [1.165, 1.54) is 0 Å². The third-order valence-electron chi connectivity index (χ3n) is 3.16. The van der Waals surface area contributed by atoms with Gasteiger partial charge in [-0.25, -0.2) is 9.36 Å². The zero-order valence-corrected chi connectivity index (χ0v) is 12.2. The number of carbonyl (C=O) groups is 3. The van der Waals surface area contributed by atoms with Crippen LogP contribution in [0.1, 0.15) is 12.8 Å². The second-order valence-electron chi connectivity index (χ2n) is 4.94. The molecule has 3 heterocycles. The van der Waals surface area contributed by atoms with Crippen LogP contribution in [0.15, 0.2) is 24.5 Å². The molecule has 0 spiro atoms. The topological polar surface area (TPSA) is 111 Å². The molecule has 1 aliphatic heterocycles. The minimum atomic E-state index is -0.822. The fourth-order valence-corrected chi connectivity index (χ4v) is 1.98. The van der Waals surface area contributed by atoms with Gasteiger partial charge in [0.2, 0.25) is 5.82 Å². The van der Waals surface area contributed by atoms with Gasteiger partial charge in [0.25, 0.3) is 11.8 Å². The Morgan fingerprint density at radius 3 is 2.57 bits per heavy atom. The van der Waals surface area contributed by atoms with Crippen LogP contribution < -0.4 is 4.57 Å². The molecule has 0 aromatic carbocycles. The number of pyridine rings is 1. The Morgan fingerprint density at radius 1 is 1.26 bits per heavy atom. The lowest BCUT2D eigenvalue weighted by molar-refractivity contribution is -0.671. The molecule has 23 heavy (non-hydrogen) atoms. The number of aryl methyl sites for hydroxylation is 1. The Kier molecular flexibility index (Phi) is 3.79. The van der Waals surface area contributed by atoms with Crippen LogP contribution in [0.3, 0.4) is 0 Å². The molecule has 0 bridgehead atoms. The zero-order chi connectivity index (χ0) is 16.4. The summed E-state index contributed by atoms with van der Waals surface area (Å²) in [4.78, 5) is 40.3. The quantitative estimate of drug-likeness (QED) is 0.513. The van der Waals surface area contributed by atoms with Crippen molar-refractivity contribution in [3.63, 3.8) is 0 Å². The summed E-state index contributed by atoms with van der Waals surface area (Å²) in [6.45, 7) is -0.356. The van der Waals surface area contributed by atoms with Crippen LogP contribution in [-0.2, 0) is 32.8 Å². The first-order valence-electron chi connectivity index (χ1n) is 6.83. The third-order valence-corrected chi connectivity index (χ3v) is 3.16. The van der Waals surface area contributed by atoms with E-state index in [-0.39, 0.29) is 19.4 Å². The number of hydroxylamine groups is 2. The van der Waals surface area contributed by atoms with Crippen molar-refractivity contribution in [2.45, 2.75) is 19.4 Å². The number of carbonyl (C=O) groups excluding carboxylic acids is 3. The molecule has 1 fully saturated rings. The van der Waals surface area contributed by atoms with Crippen LogP contribution in [-0.4, -0.2) is 43.1 Å². The molecule has 2 amide bonds. The molecule has 2 aromatic heterocycles. The van der Waals surface area contributed by atoms with Crippen molar-refractivity contribution in [1.82, 2.24) is 25.3 Å². The first kappa shape index (κ1) is 14.8. The number of imide groups is 1. The number of tetrazole rings is 1. The number of aromatic nitrogens is 5. The van der Waals surface area contributed by atoms with Crippen molar-refractivity contribution < 1.29 is 23.8 Å². The molecule has 0 saturated carbocycles. The third kappa shape index (κ3) is 3.20. The van der Waals surface area contributed by atoms with Crippen molar-refractivity contribution in [2.75, 3.05) is 0 Å². The highest BCUT2D eigenvalue weighted by Crippen LogP contribution is 2.13. The molecule has 2 aromatic rings. The van der Waals surface area contributed by atoms with Gasteiger partial charge in [-0.05, 0) is 5.21 Å². The lowest BCUT2D eigenvalue weighted by atomic mass is 10.2. The largest absolute Gasteiger partial charge is 0.356 e. The lowest BCUT2D eigenvalue weighted by Crippen LogP contribution is -2.33. The standard InChI is InChI=1S/C13H13N6O4/c1-17-6-4-9(5-7-17)13-14-16-18(15-13)8-12(22)23-19-10(20)2-3-11(19)21/h4-7H,2-3,8H2,1H3/q+1. The Morgan fingerprint density at radius 2 is 1.91 bits per heavy atom. The summed E-state index contributed by atoms with van der Waals surface area (Å²) in [6, 6.07) is 3.61. The van der Waals surface area contributed by atoms with Gasteiger partial charge in [-0.3, -0.25) is 9.59 Å². The monoisotopic (exact) mass is 317 g/mol. The van der Waals surface area contributed by atoms with Gasteiger partial charge in [0.05, 0.1) is 0 Å². The molecular formula is C13H13N6O4+. The first-order chi connectivity index (χ1) is 11.0. The van der Waals surface area contributed by atoms with Crippen LogP contribution in [0, 0.1) is 0 Å². The lowest BCUT2D eigenvalue weighted by Gasteiger charge is -2.11. The summed E-state index contributed by atoms with van der Waals surface area (Å²) in [5, 5.41) is 12.1. The Labute approximate surface area is 130 Å². The highest BCUT2D eigenvalue weighted by Gasteiger charge is 2.33. The fraction of sp³-hybridized carbons (Fsp3) is 0.308. The maximum Gasteiger partial charge on any atom is 0.356 e. The molecule has 0 N–H and O–H groups in total. The second kappa shape index (κ2) is 5.91. The number of rotatable bonds is 4. The molecule has 10 nitrogen and oxygen atoms in total. The summed E-state index contributed by atoms with van der Waals surface area (Å²) < 4.78 is 1.86. The van der Waals surface area contributed by atoms with Gasteiger partial charge < -0.3 is 4.84 Å². The first-order valence-corrected chi connectivity index (χ1v) is 6.83. The predicted molar refractivity (Wildman–Crippen MR) is 71.6 cm³/mol. The maximum atomic E-state index is 11.7. The molecule has 1 saturated heterocycles. The Bertz CT molecular complexity index is 753. The number of amides is 2. The summed E-state index contributed by atoms with van der Waals surface area (Å²) in [6.07, 6.45) is 3.75. The van der Waals surface area contributed by atoms with Crippen LogP contribution in [0.2, 0.25) is 0 Å². The average molecular weight is 317 g/mol. The predicted octanol–water partition coefficient (Wildman–Crippen LogP) is -1.23. The van der Waals surface area contributed by atoms with E-state index >= 15 is 0 Å². The molecule has 1 aliphatic rings. The molecule has 0 radical (unpaired) electrons. The number of hydrogen-bond donors (Lipinski definition) is 0. The normalized spacial score (nSPS) is 14.4. The Balaban J connectivity index is 1.64. The van der Waals surface area contributed by atoms with Gasteiger partial charge in [-0.2, -0.15) is 4.80 Å². The minimum absolute atomic E-state index is 0.0449. The van der Waals surface area contributed by atoms with Crippen LogP contribution in [0.4, 0.5) is 0 Å². The molecule has 3 rings (SSSR count). The van der Waals surface area contributed by atoms with Crippen LogP contribution in [0.25, 0.3) is 11.4 Å². The molecule has 118 valence electrons. The van der Waals surface area contributed by atoms with E-state index in [0.29, 0.717) is 10.9 Å². The van der Waals surface area contributed by atoms with Crippen molar-refractivity contribution in [2.24, 2.45) is 7.05 Å². The van der Waals surface area contributed by atoms with Crippen molar-refractivity contribution in [3.05, 3.63) is 24.5 Å². The fourth-order valence-electron chi connectivity index (χ4n) is 1.98. The highest BCUT2D eigenvalue weighted by atomic mass is 16.7. The highest BCUT2D eigenvalue weighted by molar-refractivity contribution is 6.01. The van der Waals surface area contributed by atoms with Crippen molar-refractivity contribution in [3.8, 4) is 11.4 Å². The Hall–Kier alpha value is -3.17. The van der Waals surface area contributed by atoms with E-state index in [0.717, 1.165) is 10.4 Å². The van der Waals surface area contributed by atoms with Crippen molar-refractivity contribution >= 4 is 17.8 Å². The summed E-state index contributed by atoms with van der Waals surface area (Å²) in [7, 11) is 1.88. The molecule has 0 atom stereocenters. The van der Waals surface area contributed by atoms with Gasteiger partial charge in [-0.1, -0.05) is 0 Å². The molecule has 10 heteroatoms. The maximum absolute atomic E-state index is 11.7. The minimum Gasteiger partial charge on any atom is -0.328 e. The summed E-state index contributed by atoms with van der Waals surface area (Å²) >= 11 is 0. The van der Waals surface area contributed by atoms with Gasteiger partial charge in [-0.15, -0.1) is 15.3 Å². The summed E-state index contributed by atoms with van der Waals surface area (Å²) in [5.74, 6) is -1.54. The number of hydrogen-bond acceptors (Lipinski definition) is 7. The molecule has 0 aliphatic carbocycles. The van der Waals surface area contributed by atoms with E-state index in [1.54, 1.807) is 12.1 Å². The van der Waals surface area contributed by atoms with Gasteiger partial charge >= 0.3 is 5.97 Å². The number of nitrogens with zero attached hydrogens (tertiary/aromatic N) is 6. The average Bonchev–Trinajstić information content (AvgIpc) is 3.10. The van der Waals surface area contributed by atoms with E-state index in [9.17, 15) is 14.4 Å². The van der Waals surface area contributed by atoms with Gasteiger partial charge in [0.1, 0.15) is 7.05 Å². The zero-order valence-electron chi connectivity index (χ0n) is 12.2. The molecule has 0 unspecified atom stereocenters. The van der Waals surface area contributed by atoms with E-state index < -0.39 is 17.8 Å². The van der Waals surface area contributed by atoms with Crippen LogP contribution >= 0.6 is 0 Å². The van der Waals surface area contributed by atoms with E-state index in [4.69, 9.17) is 4.84 Å².